The van der Waals surface area contributed by atoms with E-state index in [4.69, 9.17) is 18.9 Å². The molecule has 2 heterocycles. The normalized spacial score (nSPS) is 12.6. The molecule has 34 heavy (non-hydrogen) atoms. The zero-order chi connectivity index (χ0) is 24.4. The van der Waals surface area contributed by atoms with Crippen molar-refractivity contribution in [2.24, 2.45) is 0 Å². The van der Waals surface area contributed by atoms with E-state index < -0.39 is 23.3 Å². The number of Topliss-reactive ketones (excluding diaryl/α,β-unsaturated/α-hetero) is 1. The molecule has 0 bridgehead atoms. The van der Waals surface area contributed by atoms with Crippen LogP contribution in [0.2, 0.25) is 0 Å². The summed E-state index contributed by atoms with van der Waals surface area (Å²) in [6.45, 7) is 2.98. The van der Waals surface area contributed by atoms with E-state index in [1.807, 2.05) is 6.07 Å². The fourth-order valence-corrected chi connectivity index (χ4v) is 3.78. The lowest BCUT2D eigenvalue weighted by molar-refractivity contribution is 0.0808. The van der Waals surface area contributed by atoms with Crippen molar-refractivity contribution in [3.8, 4) is 34.9 Å². The van der Waals surface area contributed by atoms with Crippen molar-refractivity contribution in [2.45, 2.75) is 26.5 Å². The van der Waals surface area contributed by atoms with Crippen LogP contribution in [-0.2, 0) is 6.54 Å². The number of nitrogens with zero attached hydrogens (tertiary/aromatic N) is 2. The summed E-state index contributed by atoms with van der Waals surface area (Å²) in [4.78, 5) is 26.3. The maximum absolute atomic E-state index is 13.3. The Morgan fingerprint density at radius 3 is 2.62 bits per heavy atom. The number of pyridine rings is 1. The van der Waals surface area contributed by atoms with Crippen LogP contribution in [0.4, 0.5) is 0 Å². The first-order chi connectivity index (χ1) is 16.3. The van der Waals surface area contributed by atoms with Gasteiger partial charge in [0.15, 0.2) is 29.1 Å². The van der Waals surface area contributed by atoms with Gasteiger partial charge < -0.3 is 24.1 Å². The predicted molar refractivity (Wildman–Crippen MR) is 121 cm³/mol. The van der Waals surface area contributed by atoms with Crippen molar-refractivity contribution >= 4 is 5.78 Å². The predicted octanol–water partition coefficient (Wildman–Crippen LogP) is 3.17. The van der Waals surface area contributed by atoms with E-state index in [2.05, 4.69) is 0 Å². The summed E-state index contributed by atoms with van der Waals surface area (Å²) in [5, 5.41) is 20.6. The summed E-state index contributed by atoms with van der Waals surface area (Å²) in [5.41, 5.74) is -0.380. The zero-order valence-electron chi connectivity index (χ0n) is 18.8. The number of aromatic hydroxyl groups is 1. The number of methoxy groups -OCH3 is 1. The highest BCUT2D eigenvalue weighted by molar-refractivity contribution is 6.03. The second-order valence-electron chi connectivity index (χ2n) is 7.66. The molecule has 0 aliphatic carbocycles. The third-order valence-corrected chi connectivity index (χ3v) is 5.57. The lowest BCUT2D eigenvalue weighted by Gasteiger charge is -2.20. The monoisotopic (exact) mass is 462 g/mol. The number of rotatable bonds is 7. The molecule has 1 aromatic heterocycles. The van der Waals surface area contributed by atoms with Crippen LogP contribution in [-0.4, -0.2) is 35.5 Å². The Morgan fingerprint density at radius 2 is 1.91 bits per heavy atom. The molecular formula is C25H22N2O7. The Bertz CT molecular complexity index is 1370. The summed E-state index contributed by atoms with van der Waals surface area (Å²) in [7, 11) is 1.48. The number of aromatic nitrogens is 1. The van der Waals surface area contributed by atoms with Crippen LogP contribution in [0.3, 0.4) is 0 Å². The van der Waals surface area contributed by atoms with Gasteiger partial charge in [-0.25, -0.2) is 0 Å². The molecule has 2 aromatic carbocycles. The fraction of sp³-hybridized carbons (Fsp3) is 0.240. The number of ether oxygens (including phenoxy) is 4. The van der Waals surface area contributed by atoms with E-state index in [1.54, 1.807) is 42.5 Å². The second-order valence-corrected chi connectivity index (χ2v) is 7.66. The molecule has 3 aromatic rings. The largest absolute Gasteiger partial charge is 0.494 e. The minimum Gasteiger partial charge on any atom is -0.494 e. The summed E-state index contributed by atoms with van der Waals surface area (Å²) in [6.07, 6.45) is -1.04. The number of hydrogen-bond acceptors (Lipinski definition) is 8. The minimum atomic E-state index is -1.04. The van der Waals surface area contributed by atoms with Crippen LogP contribution in [0.15, 0.2) is 47.3 Å². The molecule has 0 radical (unpaired) electrons. The van der Waals surface area contributed by atoms with Crippen molar-refractivity contribution < 1.29 is 28.8 Å². The maximum atomic E-state index is 13.3. The molecule has 9 nitrogen and oxygen atoms in total. The van der Waals surface area contributed by atoms with Gasteiger partial charge in [0.1, 0.15) is 11.6 Å². The van der Waals surface area contributed by atoms with Crippen LogP contribution >= 0.6 is 0 Å². The Kier molecular flexibility index (Phi) is 6.15. The summed E-state index contributed by atoms with van der Waals surface area (Å²) in [5.74, 6) is 0.732. The second kappa shape index (κ2) is 9.19. The van der Waals surface area contributed by atoms with Crippen molar-refractivity contribution in [1.29, 1.82) is 5.26 Å². The maximum Gasteiger partial charge on any atom is 0.271 e. The quantitative estimate of drug-likeness (QED) is 0.532. The van der Waals surface area contributed by atoms with Gasteiger partial charge >= 0.3 is 0 Å². The van der Waals surface area contributed by atoms with Gasteiger partial charge in [-0.1, -0.05) is 18.2 Å². The molecule has 0 fully saturated rings. The van der Waals surface area contributed by atoms with Gasteiger partial charge in [-0.3, -0.25) is 14.2 Å². The minimum absolute atomic E-state index is 0.0850. The Labute approximate surface area is 195 Å². The number of benzene rings is 2. The molecular weight excluding hydrogens is 440 g/mol. The van der Waals surface area contributed by atoms with Gasteiger partial charge in [-0.15, -0.1) is 0 Å². The summed E-state index contributed by atoms with van der Waals surface area (Å²) < 4.78 is 22.7. The number of fused-ring (bicyclic) bond motifs is 1. The zero-order valence-corrected chi connectivity index (χ0v) is 18.8. The van der Waals surface area contributed by atoms with E-state index in [9.17, 15) is 20.0 Å². The number of nitriles is 1. The van der Waals surface area contributed by atoms with Gasteiger partial charge in [-0.2, -0.15) is 5.26 Å². The number of ketones is 1. The summed E-state index contributed by atoms with van der Waals surface area (Å²) >= 11 is 0. The van der Waals surface area contributed by atoms with Crippen LogP contribution in [0.25, 0.3) is 0 Å². The number of carbonyl (C=O) groups is 1. The van der Waals surface area contributed by atoms with E-state index in [0.717, 1.165) is 4.57 Å². The lowest BCUT2D eigenvalue weighted by Crippen LogP contribution is -2.31. The van der Waals surface area contributed by atoms with Crippen molar-refractivity contribution in [3.05, 3.63) is 75.1 Å². The van der Waals surface area contributed by atoms with Crippen LogP contribution in [0.5, 0.6) is 28.9 Å². The van der Waals surface area contributed by atoms with Crippen molar-refractivity contribution in [3.63, 3.8) is 0 Å². The third-order valence-electron chi connectivity index (χ3n) is 5.57. The molecule has 1 unspecified atom stereocenters. The molecule has 1 aliphatic heterocycles. The van der Waals surface area contributed by atoms with E-state index in [1.165, 1.54) is 21.0 Å². The number of carbonyl (C=O) groups excluding carboxylic acids is 1. The average molecular weight is 462 g/mol. The SMILES string of the molecule is COc1ccccc1OC(C)C(=O)c1c(C)c(C#N)c(=O)n(Cc2ccc3c(c2)OCO3)c1O. The molecule has 0 spiro atoms. The van der Waals surface area contributed by atoms with Crippen LogP contribution in [0.1, 0.15) is 34.0 Å². The summed E-state index contributed by atoms with van der Waals surface area (Å²) in [6, 6.07) is 13.8. The van der Waals surface area contributed by atoms with E-state index in [0.29, 0.717) is 28.6 Å². The van der Waals surface area contributed by atoms with Crippen molar-refractivity contribution in [2.75, 3.05) is 13.9 Å². The van der Waals surface area contributed by atoms with Crippen molar-refractivity contribution in [1.82, 2.24) is 4.57 Å². The molecule has 0 saturated heterocycles. The average Bonchev–Trinajstić information content (AvgIpc) is 3.30. The number of hydrogen-bond donors (Lipinski definition) is 1. The van der Waals surface area contributed by atoms with Crippen LogP contribution < -0.4 is 24.5 Å². The fourth-order valence-electron chi connectivity index (χ4n) is 3.78. The van der Waals surface area contributed by atoms with Gasteiger partial charge in [-0.05, 0) is 49.2 Å². The lowest BCUT2D eigenvalue weighted by atomic mass is 9.99. The third kappa shape index (κ3) is 4.01. The molecule has 4 rings (SSSR count). The first-order valence-electron chi connectivity index (χ1n) is 10.4. The van der Waals surface area contributed by atoms with E-state index >= 15 is 0 Å². The number of para-hydroxylation sites is 2. The van der Waals surface area contributed by atoms with Gasteiger partial charge in [0.25, 0.3) is 5.56 Å². The van der Waals surface area contributed by atoms with Gasteiger partial charge in [0.05, 0.1) is 19.2 Å². The molecule has 174 valence electrons. The topological polar surface area (TPSA) is 120 Å². The highest BCUT2D eigenvalue weighted by Gasteiger charge is 2.29. The molecule has 1 N–H and O–H groups in total. The first kappa shape index (κ1) is 22.7. The molecule has 1 aliphatic rings. The van der Waals surface area contributed by atoms with E-state index in [-0.39, 0.29) is 30.0 Å². The highest BCUT2D eigenvalue weighted by Crippen LogP contribution is 2.33. The Morgan fingerprint density at radius 1 is 1.21 bits per heavy atom. The van der Waals surface area contributed by atoms with Gasteiger partial charge in [0.2, 0.25) is 18.5 Å². The van der Waals surface area contributed by atoms with Gasteiger partial charge in [0, 0.05) is 0 Å². The smallest absolute Gasteiger partial charge is 0.271 e. The Hall–Kier alpha value is -4.45. The molecule has 0 amide bonds. The Balaban J connectivity index is 1.73. The molecule has 0 saturated carbocycles. The standard InChI is InChI=1S/C25H22N2O7/c1-14-17(11-26)24(29)27(12-16-8-9-19-21(10-16)33-13-32-19)25(30)22(14)23(28)15(2)34-20-7-5-4-6-18(20)31-3/h4-10,15,30H,12-13H2,1-3H3. The molecule has 1 atom stereocenters. The molecule has 9 heteroatoms. The first-order valence-corrected chi connectivity index (χ1v) is 10.4. The van der Waals surface area contributed by atoms with Crippen LogP contribution in [0, 0.1) is 18.3 Å². The highest BCUT2D eigenvalue weighted by atomic mass is 16.7.